The Morgan fingerprint density at radius 1 is 1.26 bits per heavy atom. The highest BCUT2D eigenvalue weighted by Gasteiger charge is 2.28. The van der Waals surface area contributed by atoms with Crippen LogP contribution in [-0.4, -0.2) is 11.5 Å². The van der Waals surface area contributed by atoms with E-state index in [4.69, 9.17) is 0 Å². The van der Waals surface area contributed by atoms with Crippen LogP contribution in [0.25, 0.3) is 0 Å². The second-order valence-electron chi connectivity index (χ2n) is 5.63. The molecule has 1 aromatic rings. The summed E-state index contributed by atoms with van der Waals surface area (Å²) in [5.41, 5.74) is 0.989. The standard InChI is InChI=1S/C16H25FN2/c1-3-12-5-7-13(8-6-12)16(18-4-2)15-10-9-14(17)11-19-15/h9-13,16,18H,3-8H2,1-2H3. The van der Waals surface area contributed by atoms with Crippen molar-refractivity contribution in [2.75, 3.05) is 6.54 Å². The van der Waals surface area contributed by atoms with Gasteiger partial charge < -0.3 is 5.32 Å². The molecule has 0 amide bonds. The van der Waals surface area contributed by atoms with Crippen molar-refractivity contribution in [3.63, 3.8) is 0 Å². The fraction of sp³-hybridized carbons (Fsp3) is 0.688. The van der Waals surface area contributed by atoms with E-state index in [-0.39, 0.29) is 11.9 Å². The van der Waals surface area contributed by atoms with Crippen molar-refractivity contribution in [3.05, 3.63) is 29.8 Å². The lowest BCUT2D eigenvalue weighted by molar-refractivity contribution is 0.217. The molecule has 1 heterocycles. The van der Waals surface area contributed by atoms with Crippen LogP contribution in [-0.2, 0) is 0 Å². The van der Waals surface area contributed by atoms with Crippen molar-refractivity contribution in [2.45, 2.75) is 52.0 Å². The Balaban J connectivity index is 2.05. The first-order valence-electron chi connectivity index (χ1n) is 7.59. The molecule has 0 aromatic carbocycles. The van der Waals surface area contributed by atoms with Crippen molar-refractivity contribution in [1.82, 2.24) is 10.3 Å². The van der Waals surface area contributed by atoms with E-state index < -0.39 is 0 Å². The van der Waals surface area contributed by atoms with Crippen LogP contribution >= 0.6 is 0 Å². The normalized spacial score (nSPS) is 25.2. The molecule has 3 heteroatoms. The summed E-state index contributed by atoms with van der Waals surface area (Å²) >= 11 is 0. The molecule has 0 radical (unpaired) electrons. The Kier molecular flexibility index (Phi) is 5.32. The van der Waals surface area contributed by atoms with Crippen molar-refractivity contribution >= 4 is 0 Å². The van der Waals surface area contributed by atoms with Gasteiger partial charge in [0.2, 0.25) is 0 Å². The van der Waals surface area contributed by atoms with E-state index in [0.717, 1.165) is 18.2 Å². The van der Waals surface area contributed by atoms with Crippen LogP contribution in [0, 0.1) is 17.7 Å². The minimum Gasteiger partial charge on any atom is -0.309 e. The Morgan fingerprint density at radius 2 is 2.00 bits per heavy atom. The van der Waals surface area contributed by atoms with Gasteiger partial charge in [0.1, 0.15) is 5.82 Å². The summed E-state index contributed by atoms with van der Waals surface area (Å²) in [5.74, 6) is 1.29. The van der Waals surface area contributed by atoms with E-state index in [9.17, 15) is 4.39 Å². The molecule has 1 unspecified atom stereocenters. The van der Waals surface area contributed by atoms with Crippen LogP contribution in [0.2, 0.25) is 0 Å². The molecule has 1 fully saturated rings. The summed E-state index contributed by atoms with van der Waals surface area (Å²) in [7, 11) is 0. The van der Waals surface area contributed by atoms with Gasteiger partial charge in [-0.2, -0.15) is 0 Å². The number of pyridine rings is 1. The lowest BCUT2D eigenvalue weighted by atomic mass is 9.77. The van der Waals surface area contributed by atoms with E-state index in [1.54, 1.807) is 0 Å². The summed E-state index contributed by atoms with van der Waals surface area (Å²) in [6, 6.07) is 3.63. The van der Waals surface area contributed by atoms with E-state index >= 15 is 0 Å². The summed E-state index contributed by atoms with van der Waals surface area (Å²) in [6.45, 7) is 5.33. The van der Waals surface area contributed by atoms with Gasteiger partial charge in [-0.05, 0) is 43.4 Å². The van der Waals surface area contributed by atoms with Gasteiger partial charge in [0.05, 0.1) is 17.9 Å². The van der Waals surface area contributed by atoms with Crippen molar-refractivity contribution in [2.24, 2.45) is 11.8 Å². The Morgan fingerprint density at radius 3 is 2.53 bits per heavy atom. The molecule has 106 valence electrons. The smallest absolute Gasteiger partial charge is 0.141 e. The van der Waals surface area contributed by atoms with E-state index in [1.807, 2.05) is 6.07 Å². The quantitative estimate of drug-likeness (QED) is 0.866. The summed E-state index contributed by atoms with van der Waals surface area (Å²) < 4.78 is 13.0. The van der Waals surface area contributed by atoms with Crippen molar-refractivity contribution in [3.8, 4) is 0 Å². The zero-order valence-electron chi connectivity index (χ0n) is 12.0. The minimum atomic E-state index is -0.256. The number of rotatable bonds is 5. The predicted molar refractivity (Wildman–Crippen MR) is 76.4 cm³/mol. The monoisotopic (exact) mass is 264 g/mol. The third-order valence-electron chi connectivity index (χ3n) is 4.43. The maximum Gasteiger partial charge on any atom is 0.141 e. The third-order valence-corrected chi connectivity index (χ3v) is 4.43. The van der Waals surface area contributed by atoms with Crippen LogP contribution in [0.15, 0.2) is 18.3 Å². The first-order valence-corrected chi connectivity index (χ1v) is 7.59. The third kappa shape index (κ3) is 3.75. The van der Waals surface area contributed by atoms with Crippen LogP contribution in [0.5, 0.6) is 0 Å². The van der Waals surface area contributed by atoms with E-state index in [0.29, 0.717) is 5.92 Å². The molecule has 1 saturated carbocycles. The molecule has 1 aliphatic carbocycles. The zero-order chi connectivity index (χ0) is 13.7. The molecule has 19 heavy (non-hydrogen) atoms. The maximum atomic E-state index is 13.0. The topological polar surface area (TPSA) is 24.9 Å². The lowest BCUT2D eigenvalue weighted by Crippen LogP contribution is -2.31. The summed E-state index contributed by atoms with van der Waals surface area (Å²) in [5, 5.41) is 3.54. The van der Waals surface area contributed by atoms with Gasteiger partial charge in [-0.15, -0.1) is 0 Å². The number of nitrogens with one attached hydrogen (secondary N) is 1. The first kappa shape index (κ1) is 14.4. The van der Waals surface area contributed by atoms with Crippen LogP contribution in [0.4, 0.5) is 4.39 Å². The molecule has 0 aliphatic heterocycles. The highest BCUT2D eigenvalue weighted by molar-refractivity contribution is 5.11. The predicted octanol–water partition coefficient (Wildman–Crippen LogP) is 4.09. The molecule has 0 saturated heterocycles. The molecule has 0 spiro atoms. The van der Waals surface area contributed by atoms with Crippen molar-refractivity contribution < 1.29 is 4.39 Å². The first-order chi connectivity index (χ1) is 9.24. The molecular formula is C16H25FN2. The average Bonchev–Trinajstić information content (AvgIpc) is 2.46. The highest BCUT2D eigenvalue weighted by Crippen LogP contribution is 2.37. The van der Waals surface area contributed by atoms with Gasteiger partial charge in [0.25, 0.3) is 0 Å². The highest BCUT2D eigenvalue weighted by atomic mass is 19.1. The summed E-state index contributed by atoms with van der Waals surface area (Å²) in [4.78, 5) is 4.27. The second kappa shape index (κ2) is 6.99. The van der Waals surface area contributed by atoms with Crippen molar-refractivity contribution in [1.29, 1.82) is 0 Å². The van der Waals surface area contributed by atoms with Crippen LogP contribution in [0.1, 0.15) is 57.7 Å². The Labute approximate surface area is 115 Å². The van der Waals surface area contributed by atoms with Gasteiger partial charge in [0.15, 0.2) is 0 Å². The lowest BCUT2D eigenvalue weighted by Gasteiger charge is -2.33. The minimum absolute atomic E-state index is 0.256. The SMILES string of the molecule is CCNC(c1ccc(F)cn1)C1CCC(CC)CC1. The van der Waals surface area contributed by atoms with E-state index in [2.05, 4.69) is 24.1 Å². The number of aromatic nitrogens is 1. The molecular weight excluding hydrogens is 239 g/mol. The number of hydrogen-bond donors (Lipinski definition) is 1. The fourth-order valence-electron chi connectivity index (χ4n) is 3.23. The zero-order valence-corrected chi connectivity index (χ0v) is 12.0. The van der Waals surface area contributed by atoms with Crippen LogP contribution < -0.4 is 5.32 Å². The van der Waals surface area contributed by atoms with E-state index in [1.165, 1.54) is 44.4 Å². The largest absolute Gasteiger partial charge is 0.309 e. The van der Waals surface area contributed by atoms with Gasteiger partial charge in [-0.25, -0.2) is 4.39 Å². The molecule has 1 aromatic heterocycles. The molecule has 2 nitrogen and oxygen atoms in total. The molecule has 1 atom stereocenters. The Bertz CT molecular complexity index is 369. The number of hydrogen-bond acceptors (Lipinski definition) is 2. The Hall–Kier alpha value is -0.960. The second-order valence-corrected chi connectivity index (χ2v) is 5.63. The van der Waals surface area contributed by atoms with Gasteiger partial charge in [0, 0.05) is 0 Å². The average molecular weight is 264 g/mol. The molecule has 0 bridgehead atoms. The summed E-state index contributed by atoms with van der Waals surface area (Å²) in [6.07, 6.45) is 7.80. The maximum absolute atomic E-state index is 13.0. The molecule has 2 rings (SSSR count). The molecule has 1 aliphatic rings. The van der Waals surface area contributed by atoms with Gasteiger partial charge in [-0.1, -0.05) is 33.1 Å². The van der Waals surface area contributed by atoms with Gasteiger partial charge in [-0.3, -0.25) is 4.98 Å². The number of nitrogens with zero attached hydrogens (tertiary/aromatic N) is 1. The number of halogens is 1. The van der Waals surface area contributed by atoms with Gasteiger partial charge >= 0.3 is 0 Å². The molecule has 1 N–H and O–H groups in total. The van der Waals surface area contributed by atoms with Crippen LogP contribution in [0.3, 0.4) is 0 Å². The fourth-order valence-corrected chi connectivity index (χ4v) is 3.23.